The number of benzene rings is 1. The molecule has 1 unspecified atom stereocenters. The van der Waals surface area contributed by atoms with Crippen LogP contribution >= 0.6 is 23.2 Å². The van der Waals surface area contributed by atoms with Gasteiger partial charge in [-0.05, 0) is 31.5 Å². The molecule has 0 spiro atoms. The van der Waals surface area contributed by atoms with E-state index >= 15 is 0 Å². The van der Waals surface area contributed by atoms with E-state index in [1.165, 1.54) is 0 Å². The van der Waals surface area contributed by atoms with Gasteiger partial charge in [0.25, 0.3) is 0 Å². The Labute approximate surface area is 133 Å². The number of hydrogen-bond acceptors (Lipinski definition) is 3. The van der Waals surface area contributed by atoms with Crippen LogP contribution in [-0.4, -0.2) is 25.2 Å². The third-order valence-electron chi connectivity index (χ3n) is 2.70. The number of ether oxygens (including phenoxy) is 1. The second-order valence-electron chi connectivity index (χ2n) is 4.34. The quantitative estimate of drug-likeness (QED) is 0.785. The third-order valence-corrected chi connectivity index (χ3v) is 3.26. The first-order valence-corrected chi connectivity index (χ1v) is 7.34. The number of nitrogens with one attached hydrogen (secondary N) is 2. The van der Waals surface area contributed by atoms with Crippen LogP contribution in [0.3, 0.4) is 0 Å². The second kappa shape index (κ2) is 8.74. The Kier molecular flexibility index (Phi) is 7.32. The molecule has 0 heterocycles. The number of hydrogen-bond donors (Lipinski definition) is 2. The molecule has 116 valence electrons. The lowest BCUT2D eigenvalue weighted by Crippen LogP contribution is -2.38. The molecule has 0 radical (unpaired) electrons. The molecule has 7 heteroatoms. The van der Waals surface area contributed by atoms with Gasteiger partial charge in [-0.1, -0.05) is 29.3 Å². The molecule has 5 nitrogen and oxygen atoms in total. The highest BCUT2D eigenvalue weighted by Gasteiger charge is 2.13. The lowest BCUT2D eigenvalue weighted by molar-refractivity contribution is -0.142. The first kappa shape index (κ1) is 17.6. The van der Waals surface area contributed by atoms with Crippen LogP contribution in [0.1, 0.15) is 31.9 Å². The number of carbonyl (C=O) groups excluding carboxylic acids is 2. The number of carbonyl (C=O) groups is 2. The molecule has 2 N–H and O–H groups in total. The van der Waals surface area contributed by atoms with Crippen molar-refractivity contribution in [3.05, 3.63) is 33.8 Å². The summed E-state index contributed by atoms with van der Waals surface area (Å²) in [5, 5.41) is 6.34. The van der Waals surface area contributed by atoms with E-state index in [9.17, 15) is 9.59 Å². The maximum absolute atomic E-state index is 11.7. The van der Waals surface area contributed by atoms with Gasteiger partial charge in [0, 0.05) is 16.6 Å². The topological polar surface area (TPSA) is 67.4 Å². The summed E-state index contributed by atoms with van der Waals surface area (Å²) in [5.41, 5.74) is 0.765. The maximum Gasteiger partial charge on any atom is 0.315 e. The van der Waals surface area contributed by atoms with Crippen LogP contribution in [0.15, 0.2) is 18.2 Å². The molecule has 1 atom stereocenters. The summed E-state index contributed by atoms with van der Waals surface area (Å²) in [6.45, 7) is 4.08. The Morgan fingerprint density at radius 1 is 1.33 bits per heavy atom. The molecule has 0 fully saturated rings. The minimum Gasteiger partial charge on any atom is -0.466 e. The van der Waals surface area contributed by atoms with Gasteiger partial charge in [-0.25, -0.2) is 4.79 Å². The normalized spacial score (nSPS) is 11.6. The molecule has 0 aliphatic carbocycles. The van der Waals surface area contributed by atoms with Crippen LogP contribution < -0.4 is 10.6 Å². The zero-order valence-corrected chi connectivity index (χ0v) is 13.4. The van der Waals surface area contributed by atoms with Crippen LogP contribution in [0.4, 0.5) is 4.79 Å². The lowest BCUT2D eigenvalue weighted by atomic mass is 10.1. The first-order chi connectivity index (χ1) is 9.93. The van der Waals surface area contributed by atoms with E-state index in [0.29, 0.717) is 16.7 Å². The minimum absolute atomic E-state index is 0.136. The minimum atomic E-state index is -0.377. The molecule has 0 bridgehead atoms. The number of rotatable bonds is 6. The summed E-state index contributed by atoms with van der Waals surface area (Å²) in [6, 6.07) is 4.43. The summed E-state index contributed by atoms with van der Waals surface area (Å²) in [7, 11) is 0. The SMILES string of the molecule is CCOC(=O)CCNC(=O)NC(C)c1ccc(Cl)cc1Cl. The molecule has 0 aliphatic heterocycles. The van der Waals surface area contributed by atoms with Crippen molar-refractivity contribution in [2.45, 2.75) is 26.3 Å². The van der Waals surface area contributed by atoms with Gasteiger partial charge >= 0.3 is 12.0 Å². The van der Waals surface area contributed by atoms with Crippen molar-refractivity contribution in [3.8, 4) is 0 Å². The molecule has 0 aromatic heterocycles. The van der Waals surface area contributed by atoms with Gasteiger partial charge in [0.2, 0.25) is 0 Å². The Hall–Kier alpha value is -1.46. The van der Waals surface area contributed by atoms with E-state index in [1.54, 1.807) is 32.0 Å². The average molecular weight is 333 g/mol. The Balaban J connectivity index is 2.42. The van der Waals surface area contributed by atoms with E-state index in [-0.39, 0.29) is 31.0 Å². The summed E-state index contributed by atoms with van der Waals surface area (Å²) >= 11 is 11.9. The largest absolute Gasteiger partial charge is 0.466 e. The molecule has 0 saturated heterocycles. The maximum atomic E-state index is 11.7. The number of esters is 1. The summed E-state index contributed by atoms with van der Waals surface area (Å²) in [4.78, 5) is 22.8. The van der Waals surface area contributed by atoms with E-state index in [1.807, 2.05) is 0 Å². The van der Waals surface area contributed by atoms with Crippen molar-refractivity contribution in [1.29, 1.82) is 0 Å². The standard InChI is InChI=1S/C14H18Cl2N2O3/c1-3-21-13(19)6-7-17-14(20)18-9(2)11-5-4-10(15)8-12(11)16/h4-5,8-9H,3,6-7H2,1-2H3,(H2,17,18,20). The summed E-state index contributed by atoms with van der Waals surface area (Å²) in [6.07, 6.45) is 0.136. The lowest BCUT2D eigenvalue weighted by Gasteiger charge is -2.16. The van der Waals surface area contributed by atoms with Gasteiger partial charge in [-0.2, -0.15) is 0 Å². The molecule has 1 rings (SSSR count). The zero-order valence-electron chi connectivity index (χ0n) is 11.9. The van der Waals surface area contributed by atoms with Gasteiger partial charge in [-0.15, -0.1) is 0 Å². The molecule has 1 aromatic rings. The molecule has 1 aromatic carbocycles. The van der Waals surface area contributed by atoms with Crippen molar-refractivity contribution < 1.29 is 14.3 Å². The summed E-state index contributed by atoms with van der Waals surface area (Å²) in [5.74, 6) is -0.341. The Morgan fingerprint density at radius 3 is 2.67 bits per heavy atom. The zero-order chi connectivity index (χ0) is 15.8. The van der Waals surface area contributed by atoms with Gasteiger partial charge < -0.3 is 15.4 Å². The first-order valence-electron chi connectivity index (χ1n) is 6.59. The predicted octanol–water partition coefficient (Wildman–Crippen LogP) is 3.31. The van der Waals surface area contributed by atoms with E-state index in [2.05, 4.69) is 10.6 Å². The predicted molar refractivity (Wildman–Crippen MR) is 82.7 cm³/mol. The molecule has 0 aliphatic rings. The van der Waals surface area contributed by atoms with Crippen molar-refractivity contribution in [3.63, 3.8) is 0 Å². The number of urea groups is 1. The highest BCUT2D eigenvalue weighted by Crippen LogP contribution is 2.25. The van der Waals surface area contributed by atoms with E-state index in [4.69, 9.17) is 27.9 Å². The fourth-order valence-corrected chi connectivity index (χ4v) is 2.26. The third kappa shape index (κ3) is 6.23. The smallest absolute Gasteiger partial charge is 0.315 e. The Morgan fingerprint density at radius 2 is 2.05 bits per heavy atom. The van der Waals surface area contributed by atoms with Gasteiger partial charge in [0.15, 0.2) is 0 Å². The van der Waals surface area contributed by atoms with Crippen molar-refractivity contribution in [2.24, 2.45) is 0 Å². The molecule has 0 saturated carbocycles. The summed E-state index contributed by atoms with van der Waals surface area (Å²) < 4.78 is 4.76. The van der Waals surface area contributed by atoms with Crippen LogP contribution in [0.2, 0.25) is 10.0 Å². The van der Waals surface area contributed by atoms with E-state index in [0.717, 1.165) is 5.56 Å². The number of amides is 2. The molecule has 21 heavy (non-hydrogen) atoms. The Bertz CT molecular complexity index is 509. The van der Waals surface area contributed by atoms with Gasteiger partial charge in [0.05, 0.1) is 19.1 Å². The molecular formula is C14H18Cl2N2O3. The average Bonchev–Trinajstić information content (AvgIpc) is 2.38. The number of halogens is 2. The van der Waals surface area contributed by atoms with Crippen LogP contribution in [-0.2, 0) is 9.53 Å². The highest BCUT2D eigenvalue weighted by atomic mass is 35.5. The van der Waals surface area contributed by atoms with Crippen LogP contribution in [0.25, 0.3) is 0 Å². The van der Waals surface area contributed by atoms with Crippen molar-refractivity contribution in [2.75, 3.05) is 13.2 Å². The van der Waals surface area contributed by atoms with Crippen LogP contribution in [0.5, 0.6) is 0 Å². The molecular weight excluding hydrogens is 315 g/mol. The fourth-order valence-electron chi connectivity index (χ4n) is 1.69. The van der Waals surface area contributed by atoms with Crippen molar-refractivity contribution >= 4 is 35.2 Å². The highest BCUT2D eigenvalue weighted by molar-refractivity contribution is 6.35. The fraction of sp³-hybridized carbons (Fsp3) is 0.429. The van der Waals surface area contributed by atoms with Gasteiger partial charge in [-0.3, -0.25) is 4.79 Å². The second-order valence-corrected chi connectivity index (χ2v) is 5.19. The van der Waals surface area contributed by atoms with Crippen LogP contribution in [0, 0.1) is 0 Å². The van der Waals surface area contributed by atoms with Gasteiger partial charge in [0.1, 0.15) is 0 Å². The molecule has 2 amide bonds. The van der Waals surface area contributed by atoms with Crippen molar-refractivity contribution in [1.82, 2.24) is 10.6 Å². The van der Waals surface area contributed by atoms with E-state index < -0.39 is 0 Å². The monoisotopic (exact) mass is 332 g/mol.